The number of urea groups is 1. The van der Waals surface area contributed by atoms with Crippen LogP contribution in [0.15, 0.2) is 29.8 Å². The summed E-state index contributed by atoms with van der Waals surface area (Å²) in [6.45, 7) is 6.90. The first-order valence-corrected chi connectivity index (χ1v) is 9.80. The number of carbonyl (C=O) groups excluding carboxylic acids is 1. The number of hydrogen-bond donors (Lipinski definition) is 1. The van der Waals surface area contributed by atoms with Crippen LogP contribution in [0.4, 0.5) is 10.5 Å². The van der Waals surface area contributed by atoms with Gasteiger partial charge in [-0.3, -0.25) is 4.90 Å². The summed E-state index contributed by atoms with van der Waals surface area (Å²) in [5.74, 6) is 0. The molecule has 1 aromatic carbocycles. The third kappa shape index (κ3) is 5.03. The van der Waals surface area contributed by atoms with E-state index in [1.54, 1.807) is 16.2 Å². The molecule has 2 aromatic rings. The summed E-state index contributed by atoms with van der Waals surface area (Å²) in [6.07, 6.45) is 0.829. The fourth-order valence-corrected chi connectivity index (χ4v) is 3.70. The highest BCUT2D eigenvalue weighted by Gasteiger charge is 2.15. The van der Waals surface area contributed by atoms with Gasteiger partial charge in [0.15, 0.2) is 0 Å². The lowest BCUT2D eigenvalue weighted by Crippen LogP contribution is -2.36. The average Bonchev–Trinajstić information content (AvgIpc) is 3.07. The van der Waals surface area contributed by atoms with Gasteiger partial charge in [0.25, 0.3) is 0 Å². The zero-order valence-electron chi connectivity index (χ0n) is 15.4. The number of ether oxygens (including phenoxy) is 1. The third-order valence-electron chi connectivity index (χ3n) is 4.62. The maximum atomic E-state index is 12.6. The van der Waals surface area contributed by atoms with E-state index in [1.165, 1.54) is 4.88 Å². The zero-order valence-corrected chi connectivity index (χ0v) is 16.2. The van der Waals surface area contributed by atoms with Crippen LogP contribution in [0.5, 0.6) is 0 Å². The van der Waals surface area contributed by atoms with Gasteiger partial charge in [-0.15, -0.1) is 11.3 Å². The quantitative estimate of drug-likeness (QED) is 0.844. The van der Waals surface area contributed by atoms with Gasteiger partial charge in [0, 0.05) is 50.2 Å². The summed E-state index contributed by atoms with van der Waals surface area (Å²) >= 11 is 1.64. The lowest BCUT2D eigenvalue weighted by Gasteiger charge is -2.27. The lowest BCUT2D eigenvalue weighted by molar-refractivity contribution is 0.0342. The molecule has 6 nitrogen and oxygen atoms in total. The van der Waals surface area contributed by atoms with Gasteiger partial charge >= 0.3 is 6.03 Å². The number of rotatable bonds is 6. The molecule has 0 radical (unpaired) electrons. The highest BCUT2D eigenvalue weighted by molar-refractivity contribution is 7.09. The molecule has 1 aliphatic heterocycles. The first kappa shape index (κ1) is 18.8. The van der Waals surface area contributed by atoms with Crippen LogP contribution >= 0.6 is 11.3 Å². The van der Waals surface area contributed by atoms with Gasteiger partial charge in [-0.05, 0) is 18.6 Å². The van der Waals surface area contributed by atoms with Gasteiger partial charge < -0.3 is 15.0 Å². The fraction of sp³-hybridized carbons (Fsp3) is 0.474. The smallest absolute Gasteiger partial charge is 0.321 e. The molecule has 1 saturated heterocycles. The Morgan fingerprint density at radius 2 is 2.12 bits per heavy atom. The second-order valence-corrected chi connectivity index (χ2v) is 7.45. The number of carbonyl (C=O) groups is 1. The predicted octanol–water partition coefficient (Wildman–Crippen LogP) is 2.99. The molecule has 0 atom stereocenters. The van der Waals surface area contributed by atoms with Crippen molar-refractivity contribution in [3.63, 3.8) is 0 Å². The van der Waals surface area contributed by atoms with Crippen LogP contribution in [0.1, 0.15) is 16.1 Å². The summed E-state index contributed by atoms with van der Waals surface area (Å²) < 4.78 is 5.41. The normalized spacial score (nSPS) is 15.0. The van der Waals surface area contributed by atoms with E-state index in [0.717, 1.165) is 56.2 Å². The molecule has 1 aliphatic rings. The van der Waals surface area contributed by atoms with Crippen LogP contribution in [0, 0.1) is 6.92 Å². The van der Waals surface area contributed by atoms with Crippen molar-refractivity contribution in [2.24, 2.45) is 0 Å². The van der Waals surface area contributed by atoms with Crippen molar-refractivity contribution >= 4 is 23.1 Å². The minimum Gasteiger partial charge on any atom is -0.379 e. The van der Waals surface area contributed by atoms with Gasteiger partial charge in [0.2, 0.25) is 0 Å². The van der Waals surface area contributed by atoms with Crippen LogP contribution in [0.2, 0.25) is 0 Å². The Bertz CT molecular complexity index is 728. The second kappa shape index (κ2) is 9.12. The molecule has 1 N–H and O–H groups in total. The molecule has 0 aliphatic carbocycles. The van der Waals surface area contributed by atoms with Gasteiger partial charge in [-0.1, -0.05) is 18.2 Å². The van der Waals surface area contributed by atoms with E-state index in [1.807, 2.05) is 37.7 Å². The van der Waals surface area contributed by atoms with Gasteiger partial charge in [-0.2, -0.15) is 0 Å². The fourth-order valence-electron chi connectivity index (χ4n) is 2.93. The molecule has 3 rings (SSSR count). The van der Waals surface area contributed by atoms with Crippen LogP contribution < -0.4 is 5.32 Å². The number of para-hydroxylation sites is 1. The summed E-state index contributed by atoms with van der Waals surface area (Å²) in [6, 6.07) is 7.93. The standard InChI is InChI=1S/C19H26N4O2S/c1-15-18(26-14-20-15)7-8-22(2)19(24)21-17-6-4-3-5-16(17)13-23-9-11-25-12-10-23/h3-6,14H,7-13H2,1-2H3,(H,21,24). The number of thiazole rings is 1. The minimum atomic E-state index is -0.0819. The second-order valence-electron chi connectivity index (χ2n) is 6.51. The first-order valence-electron chi connectivity index (χ1n) is 8.92. The average molecular weight is 375 g/mol. The number of benzene rings is 1. The molecular weight excluding hydrogens is 348 g/mol. The largest absolute Gasteiger partial charge is 0.379 e. The van der Waals surface area contributed by atoms with Crippen LogP contribution in [0.25, 0.3) is 0 Å². The summed E-state index contributed by atoms with van der Waals surface area (Å²) in [5, 5.41) is 3.06. The highest BCUT2D eigenvalue weighted by atomic mass is 32.1. The number of amides is 2. The van der Waals surface area contributed by atoms with Crippen molar-refractivity contribution in [1.29, 1.82) is 0 Å². The maximum Gasteiger partial charge on any atom is 0.321 e. The summed E-state index contributed by atoms with van der Waals surface area (Å²) in [7, 11) is 1.83. The Morgan fingerprint density at radius 1 is 1.35 bits per heavy atom. The number of aryl methyl sites for hydroxylation is 1. The predicted molar refractivity (Wildman–Crippen MR) is 105 cm³/mol. The van der Waals surface area contributed by atoms with Gasteiger partial charge in [0.1, 0.15) is 0 Å². The topological polar surface area (TPSA) is 57.7 Å². The molecule has 2 amide bonds. The molecule has 1 fully saturated rings. The molecule has 0 bridgehead atoms. The number of likely N-dealkylation sites (N-methyl/N-ethyl adjacent to an activating group) is 1. The Labute approximate surface area is 158 Å². The van der Waals surface area contributed by atoms with Crippen molar-refractivity contribution in [3.05, 3.63) is 45.9 Å². The van der Waals surface area contributed by atoms with Crippen molar-refractivity contribution in [2.45, 2.75) is 19.9 Å². The molecule has 0 spiro atoms. The summed E-state index contributed by atoms with van der Waals surface area (Å²) in [4.78, 5) is 22.1. The van der Waals surface area contributed by atoms with Crippen molar-refractivity contribution in [2.75, 3.05) is 45.2 Å². The lowest BCUT2D eigenvalue weighted by atomic mass is 10.1. The van der Waals surface area contributed by atoms with Crippen molar-refractivity contribution < 1.29 is 9.53 Å². The van der Waals surface area contributed by atoms with Crippen LogP contribution in [0.3, 0.4) is 0 Å². The van der Waals surface area contributed by atoms with E-state index in [2.05, 4.69) is 21.3 Å². The minimum absolute atomic E-state index is 0.0819. The Balaban J connectivity index is 1.57. The molecular formula is C19H26N4O2S. The summed E-state index contributed by atoms with van der Waals surface area (Å²) in [5.41, 5.74) is 4.92. The number of hydrogen-bond acceptors (Lipinski definition) is 5. The highest BCUT2D eigenvalue weighted by Crippen LogP contribution is 2.19. The Kier molecular flexibility index (Phi) is 6.60. The SMILES string of the molecule is Cc1ncsc1CCN(C)C(=O)Nc1ccccc1CN1CCOCC1. The van der Waals surface area contributed by atoms with Gasteiger partial charge in [0.05, 0.1) is 24.4 Å². The molecule has 0 unspecified atom stereocenters. The molecule has 2 heterocycles. The van der Waals surface area contributed by atoms with Crippen molar-refractivity contribution in [3.8, 4) is 0 Å². The van der Waals surface area contributed by atoms with Crippen LogP contribution in [-0.4, -0.2) is 60.7 Å². The van der Waals surface area contributed by atoms with E-state index >= 15 is 0 Å². The molecule has 7 heteroatoms. The van der Waals surface area contributed by atoms with Crippen LogP contribution in [-0.2, 0) is 17.7 Å². The van der Waals surface area contributed by atoms with E-state index in [4.69, 9.17) is 4.74 Å². The Morgan fingerprint density at radius 3 is 2.85 bits per heavy atom. The number of nitrogens with zero attached hydrogens (tertiary/aromatic N) is 3. The molecule has 140 valence electrons. The maximum absolute atomic E-state index is 12.6. The first-order chi connectivity index (χ1) is 12.6. The molecule has 1 aromatic heterocycles. The molecule has 26 heavy (non-hydrogen) atoms. The van der Waals surface area contributed by atoms with E-state index < -0.39 is 0 Å². The zero-order chi connectivity index (χ0) is 18.4. The number of aromatic nitrogens is 1. The molecule has 0 saturated carbocycles. The third-order valence-corrected chi connectivity index (χ3v) is 5.62. The number of morpholine rings is 1. The van der Waals surface area contributed by atoms with E-state index in [0.29, 0.717) is 6.54 Å². The van der Waals surface area contributed by atoms with E-state index in [-0.39, 0.29) is 6.03 Å². The monoisotopic (exact) mass is 374 g/mol. The number of nitrogens with one attached hydrogen (secondary N) is 1. The van der Waals surface area contributed by atoms with Gasteiger partial charge in [-0.25, -0.2) is 9.78 Å². The number of anilines is 1. The Hall–Kier alpha value is -1.96. The van der Waals surface area contributed by atoms with E-state index in [9.17, 15) is 4.79 Å². The van der Waals surface area contributed by atoms with Crippen molar-refractivity contribution in [1.82, 2.24) is 14.8 Å².